The van der Waals surface area contributed by atoms with Crippen LogP contribution in [-0.2, 0) is 6.18 Å². The van der Waals surface area contributed by atoms with Gasteiger partial charge in [0.25, 0.3) is 0 Å². The zero-order chi connectivity index (χ0) is 21.0. The van der Waals surface area contributed by atoms with Crippen LogP contribution in [0.2, 0.25) is 5.15 Å². The van der Waals surface area contributed by atoms with Gasteiger partial charge in [-0.1, -0.05) is 17.7 Å². The highest BCUT2D eigenvalue weighted by Crippen LogP contribution is 2.29. The first-order chi connectivity index (χ1) is 13.7. The van der Waals surface area contributed by atoms with Crippen molar-refractivity contribution in [2.45, 2.75) is 19.2 Å². The lowest BCUT2D eigenvalue weighted by atomic mass is 10.3. The SMILES string of the molecule is CC(O)CNc1nc(Nc2ccnc(C(F)(F)F)c2)nc(-c2cccc(Cl)n2)n1. The zero-order valence-corrected chi connectivity index (χ0v) is 15.7. The van der Waals surface area contributed by atoms with Crippen LogP contribution in [0.4, 0.5) is 30.8 Å². The fourth-order valence-electron chi connectivity index (χ4n) is 2.19. The first kappa shape index (κ1) is 20.7. The number of anilines is 3. The number of pyridine rings is 2. The lowest BCUT2D eigenvalue weighted by Crippen LogP contribution is -2.18. The molecule has 3 N–H and O–H groups in total. The van der Waals surface area contributed by atoms with Crippen molar-refractivity contribution in [1.29, 1.82) is 0 Å². The van der Waals surface area contributed by atoms with E-state index >= 15 is 0 Å². The summed E-state index contributed by atoms with van der Waals surface area (Å²) < 4.78 is 38.7. The van der Waals surface area contributed by atoms with Gasteiger partial charge in [-0.05, 0) is 31.2 Å². The molecule has 0 bridgehead atoms. The van der Waals surface area contributed by atoms with Gasteiger partial charge in [0, 0.05) is 18.4 Å². The van der Waals surface area contributed by atoms with Gasteiger partial charge in [-0.15, -0.1) is 0 Å². The third kappa shape index (κ3) is 5.72. The number of aliphatic hydroxyl groups excluding tert-OH is 1. The van der Waals surface area contributed by atoms with Crippen molar-refractivity contribution in [3.8, 4) is 11.5 Å². The Morgan fingerprint density at radius 2 is 1.86 bits per heavy atom. The Hall–Kier alpha value is -3.05. The van der Waals surface area contributed by atoms with Crippen molar-refractivity contribution in [2.75, 3.05) is 17.2 Å². The summed E-state index contributed by atoms with van der Waals surface area (Å²) in [6.07, 6.45) is -4.24. The quantitative estimate of drug-likeness (QED) is 0.514. The summed E-state index contributed by atoms with van der Waals surface area (Å²) in [6.45, 7) is 1.72. The second-order valence-electron chi connectivity index (χ2n) is 5.93. The van der Waals surface area contributed by atoms with Crippen molar-refractivity contribution in [3.63, 3.8) is 0 Å². The second-order valence-corrected chi connectivity index (χ2v) is 6.32. The summed E-state index contributed by atoms with van der Waals surface area (Å²) >= 11 is 5.91. The normalized spacial score (nSPS) is 12.5. The van der Waals surface area contributed by atoms with E-state index < -0.39 is 18.0 Å². The second kappa shape index (κ2) is 8.53. The van der Waals surface area contributed by atoms with Gasteiger partial charge in [0.15, 0.2) is 5.82 Å². The third-order valence-corrected chi connectivity index (χ3v) is 3.65. The summed E-state index contributed by atoms with van der Waals surface area (Å²) in [5.41, 5.74) is -0.625. The van der Waals surface area contributed by atoms with E-state index in [2.05, 4.69) is 35.6 Å². The van der Waals surface area contributed by atoms with Crippen molar-refractivity contribution in [2.24, 2.45) is 0 Å². The molecule has 12 heteroatoms. The molecule has 1 unspecified atom stereocenters. The molecule has 0 aliphatic carbocycles. The van der Waals surface area contributed by atoms with Crippen LogP contribution in [0.1, 0.15) is 12.6 Å². The Morgan fingerprint density at radius 1 is 1.10 bits per heavy atom. The maximum absolute atomic E-state index is 12.9. The summed E-state index contributed by atoms with van der Waals surface area (Å²) in [5.74, 6) is 0.220. The number of hydrogen-bond donors (Lipinski definition) is 3. The van der Waals surface area contributed by atoms with Gasteiger partial charge in [0.1, 0.15) is 16.5 Å². The Balaban J connectivity index is 1.97. The zero-order valence-electron chi connectivity index (χ0n) is 14.9. The van der Waals surface area contributed by atoms with Crippen LogP contribution in [0.15, 0.2) is 36.5 Å². The number of alkyl halides is 3. The van der Waals surface area contributed by atoms with Gasteiger partial charge in [-0.2, -0.15) is 28.1 Å². The van der Waals surface area contributed by atoms with E-state index in [1.807, 2.05) is 0 Å². The summed E-state index contributed by atoms with van der Waals surface area (Å²) in [6, 6.07) is 7.04. The lowest BCUT2D eigenvalue weighted by molar-refractivity contribution is -0.141. The molecule has 0 fully saturated rings. The summed E-state index contributed by atoms with van der Waals surface area (Å²) in [4.78, 5) is 20.0. The molecule has 0 saturated carbocycles. The molecule has 0 radical (unpaired) electrons. The van der Waals surface area contributed by atoms with E-state index in [0.29, 0.717) is 5.69 Å². The van der Waals surface area contributed by atoms with Crippen LogP contribution in [-0.4, -0.2) is 42.7 Å². The van der Waals surface area contributed by atoms with Crippen molar-refractivity contribution in [3.05, 3.63) is 47.4 Å². The number of rotatable bonds is 6. The Bertz CT molecular complexity index is 1000. The molecule has 3 aromatic heterocycles. The van der Waals surface area contributed by atoms with E-state index in [-0.39, 0.29) is 35.1 Å². The van der Waals surface area contributed by atoms with Crippen LogP contribution in [0.3, 0.4) is 0 Å². The van der Waals surface area contributed by atoms with E-state index in [1.165, 1.54) is 6.07 Å². The lowest BCUT2D eigenvalue weighted by Gasteiger charge is -2.12. The van der Waals surface area contributed by atoms with Crippen molar-refractivity contribution < 1.29 is 18.3 Å². The van der Waals surface area contributed by atoms with E-state index in [9.17, 15) is 18.3 Å². The Morgan fingerprint density at radius 3 is 2.55 bits per heavy atom. The number of nitrogens with zero attached hydrogens (tertiary/aromatic N) is 5. The molecule has 0 aliphatic rings. The first-order valence-corrected chi connectivity index (χ1v) is 8.70. The smallest absolute Gasteiger partial charge is 0.392 e. The van der Waals surface area contributed by atoms with Gasteiger partial charge < -0.3 is 15.7 Å². The highest BCUT2D eigenvalue weighted by molar-refractivity contribution is 6.29. The van der Waals surface area contributed by atoms with E-state index in [0.717, 1.165) is 12.3 Å². The van der Waals surface area contributed by atoms with Gasteiger partial charge in [0.2, 0.25) is 11.9 Å². The fourth-order valence-corrected chi connectivity index (χ4v) is 2.35. The topological polar surface area (TPSA) is 109 Å². The fraction of sp³-hybridized carbons (Fsp3) is 0.235. The third-order valence-electron chi connectivity index (χ3n) is 3.44. The van der Waals surface area contributed by atoms with Crippen LogP contribution < -0.4 is 10.6 Å². The largest absolute Gasteiger partial charge is 0.433 e. The Labute approximate surface area is 168 Å². The molecular formula is C17H15ClF3N7O. The monoisotopic (exact) mass is 425 g/mol. The van der Waals surface area contributed by atoms with Crippen LogP contribution in [0.5, 0.6) is 0 Å². The molecule has 0 amide bonds. The summed E-state index contributed by atoms with van der Waals surface area (Å²) in [5, 5.41) is 15.2. The van der Waals surface area contributed by atoms with Crippen molar-refractivity contribution >= 4 is 29.2 Å². The molecule has 1 atom stereocenters. The minimum Gasteiger partial charge on any atom is -0.392 e. The highest BCUT2D eigenvalue weighted by atomic mass is 35.5. The molecule has 152 valence electrons. The molecular weight excluding hydrogens is 411 g/mol. The maximum atomic E-state index is 12.9. The van der Waals surface area contributed by atoms with Gasteiger partial charge in [-0.3, -0.25) is 4.98 Å². The van der Waals surface area contributed by atoms with Crippen LogP contribution in [0, 0.1) is 0 Å². The highest BCUT2D eigenvalue weighted by Gasteiger charge is 2.32. The predicted molar refractivity (Wildman–Crippen MR) is 101 cm³/mol. The molecule has 0 saturated heterocycles. The molecule has 29 heavy (non-hydrogen) atoms. The number of nitrogens with one attached hydrogen (secondary N) is 2. The molecule has 3 aromatic rings. The number of aliphatic hydroxyl groups is 1. The minimum absolute atomic E-state index is 0.0239. The molecule has 3 heterocycles. The molecule has 8 nitrogen and oxygen atoms in total. The Kier molecular flexibility index (Phi) is 6.09. The molecule has 0 spiro atoms. The van der Waals surface area contributed by atoms with E-state index in [1.54, 1.807) is 25.1 Å². The minimum atomic E-state index is -4.59. The average molecular weight is 426 g/mol. The van der Waals surface area contributed by atoms with Crippen LogP contribution in [0.25, 0.3) is 11.5 Å². The molecule has 0 aromatic carbocycles. The average Bonchev–Trinajstić information content (AvgIpc) is 2.66. The number of halogens is 4. The summed E-state index contributed by atoms with van der Waals surface area (Å²) in [7, 11) is 0. The van der Waals surface area contributed by atoms with Gasteiger partial charge in [-0.25, -0.2) is 4.98 Å². The van der Waals surface area contributed by atoms with Gasteiger partial charge >= 0.3 is 6.18 Å². The molecule has 0 aliphatic heterocycles. The standard InChI is InChI=1S/C17H15ClF3N7O/c1-9(29)8-23-15-26-14(11-3-2-4-13(18)25-11)27-16(28-15)24-10-5-6-22-12(7-10)17(19,20)21/h2-7,9,29H,8H2,1H3,(H2,22,23,24,26,27,28). The number of aromatic nitrogens is 5. The van der Waals surface area contributed by atoms with Crippen LogP contribution >= 0.6 is 11.6 Å². The van der Waals surface area contributed by atoms with Gasteiger partial charge in [0.05, 0.1) is 6.10 Å². The van der Waals surface area contributed by atoms with E-state index in [4.69, 9.17) is 11.6 Å². The predicted octanol–water partition coefficient (Wildman–Crippen LogP) is 3.54. The maximum Gasteiger partial charge on any atom is 0.433 e. The van der Waals surface area contributed by atoms with Crippen molar-refractivity contribution in [1.82, 2.24) is 24.9 Å². The molecule has 3 rings (SSSR count). The first-order valence-electron chi connectivity index (χ1n) is 8.32. The number of hydrogen-bond acceptors (Lipinski definition) is 8.